The van der Waals surface area contributed by atoms with Crippen LogP contribution in [-0.4, -0.2) is 20.5 Å². The number of nitrogens with zero attached hydrogens (tertiary/aromatic N) is 3. The highest BCUT2D eigenvalue weighted by Crippen LogP contribution is 2.20. The largest absolute Gasteiger partial charge is 0.293 e. The fourth-order valence-electron chi connectivity index (χ4n) is 1.11. The van der Waals surface area contributed by atoms with Gasteiger partial charge in [-0.05, 0) is 0 Å². The van der Waals surface area contributed by atoms with E-state index in [0.717, 1.165) is 10.3 Å². The van der Waals surface area contributed by atoms with Crippen LogP contribution in [-0.2, 0) is 7.05 Å². The molecule has 2 aromatic rings. The number of aryl methyl sites for hydroxylation is 1. The van der Waals surface area contributed by atoms with Crippen molar-refractivity contribution < 1.29 is 4.79 Å². The van der Waals surface area contributed by atoms with Gasteiger partial charge in [0.2, 0.25) is 0 Å². The monoisotopic (exact) mass is 181 g/mol. The van der Waals surface area contributed by atoms with Crippen LogP contribution < -0.4 is 0 Å². The molecule has 0 fully saturated rings. The quantitative estimate of drug-likeness (QED) is 0.622. The van der Waals surface area contributed by atoms with E-state index in [1.807, 2.05) is 7.05 Å². The molecular formula is C7H7N3OS. The molecule has 0 amide bonds. The van der Waals surface area contributed by atoms with E-state index in [9.17, 15) is 4.79 Å². The maximum atomic E-state index is 11.1. The normalized spacial score (nSPS) is 10.8. The van der Waals surface area contributed by atoms with Crippen molar-refractivity contribution in [2.75, 3.05) is 0 Å². The number of rotatable bonds is 1. The van der Waals surface area contributed by atoms with Crippen molar-refractivity contribution in [3.63, 3.8) is 0 Å². The van der Waals surface area contributed by atoms with Gasteiger partial charge in [0.15, 0.2) is 11.5 Å². The number of carbonyl (C=O) groups excluding carboxylic acids is 1. The molecule has 0 saturated carbocycles. The lowest BCUT2D eigenvalue weighted by atomic mass is 10.3. The molecule has 0 bridgehead atoms. The molecule has 0 N–H and O–H groups in total. The lowest BCUT2D eigenvalue weighted by Crippen LogP contribution is -1.96. The maximum absolute atomic E-state index is 11.1. The zero-order chi connectivity index (χ0) is 8.72. The van der Waals surface area contributed by atoms with E-state index in [0.29, 0.717) is 5.69 Å². The molecule has 0 spiro atoms. The minimum atomic E-state index is -0.0356. The van der Waals surface area contributed by atoms with E-state index >= 15 is 0 Å². The number of thiazole rings is 1. The zero-order valence-corrected chi connectivity index (χ0v) is 7.55. The maximum Gasteiger partial charge on any atom is 0.182 e. The Morgan fingerprint density at radius 3 is 3.08 bits per heavy atom. The first kappa shape index (κ1) is 7.42. The fourth-order valence-corrected chi connectivity index (χ4v) is 1.82. The van der Waals surface area contributed by atoms with E-state index in [1.54, 1.807) is 10.2 Å². The molecule has 0 aliphatic carbocycles. The summed E-state index contributed by atoms with van der Waals surface area (Å²) in [6.45, 7) is 1.50. The molecule has 4 nitrogen and oxygen atoms in total. The van der Waals surface area contributed by atoms with Crippen LogP contribution in [0.3, 0.4) is 0 Å². The molecule has 0 aliphatic heterocycles. The Kier molecular flexibility index (Phi) is 1.47. The van der Waals surface area contributed by atoms with Gasteiger partial charge < -0.3 is 0 Å². The molecule has 2 aromatic heterocycles. The molecule has 2 heterocycles. The summed E-state index contributed by atoms with van der Waals surface area (Å²) in [7, 11) is 1.81. The third kappa shape index (κ3) is 0.863. The highest BCUT2D eigenvalue weighted by Gasteiger charge is 2.13. The third-order valence-corrected chi connectivity index (χ3v) is 2.54. The summed E-state index contributed by atoms with van der Waals surface area (Å²) in [6, 6.07) is 0. The molecule has 12 heavy (non-hydrogen) atoms. The minimum absolute atomic E-state index is 0.0356. The van der Waals surface area contributed by atoms with Gasteiger partial charge in [0.25, 0.3) is 0 Å². The van der Waals surface area contributed by atoms with Gasteiger partial charge in [-0.1, -0.05) is 0 Å². The smallest absolute Gasteiger partial charge is 0.182 e. The first-order valence-corrected chi connectivity index (χ1v) is 4.35. The first-order chi connectivity index (χ1) is 5.70. The topological polar surface area (TPSA) is 47.8 Å². The average Bonchev–Trinajstić information content (AvgIpc) is 2.53. The number of carbonyl (C=O) groups is 1. The summed E-state index contributed by atoms with van der Waals surface area (Å²) in [5, 5.41) is 4.06. The lowest BCUT2D eigenvalue weighted by Gasteiger charge is -1.85. The average molecular weight is 181 g/mol. The summed E-state index contributed by atoms with van der Waals surface area (Å²) >= 11 is 1.49. The fraction of sp³-hybridized carbons (Fsp3) is 0.286. The van der Waals surface area contributed by atoms with Crippen LogP contribution >= 0.6 is 11.3 Å². The number of fused-ring (bicyclic) bond motifs is 1. The van der Waals surface area contributed by atoms with Gasteiger partial charge in [-0.2, -0.15) is 5.10 Å². The number of hydrogen-bond donors (Lipinski definition) is 0. The van der Waals surface area contributed by atoms with Crippen LogP contribution in [0.1, 0.15) is 17.4 Å². The summed E-state index contributed by atoms with van der Waals surface area (Å²) in [4.78, 5) is 16.1. The Labute approximate surface area is 72.8 Å². The predicted molar refractivity (Wildman–Crippen MR) is 46.4 cm³/mol. The second kappa shape index (κ2) is 2.38. The Bertz CT molecular complexity index is 442. The van der Waals surface area contributed by atoms with Crippen LogP contribution in [0.2, 0.25) is 0 Å². The second-order valence-electron chi connectivity index (χ2n) is 2.53. The van der Waals surface area contributed by atoms with E-state index in [1.165, 1.54) is 18.3 Å². The summed E-state index contributed by atoms with van der Waals surface area (Å²) in [5.74, 6) is -0.0356. The predicted octanol–water partition coefficient (Wildman–Crippen LogP) is 1.23. The van der Waals surface area contributed by atoms with Gasteiger partial charge >= 0.3 is 0 Å². The van der Waals surface area contributed by atoms with Crippen molar-refractivity contribution in [2.45, 2.75) is 6.92 Å². The third-order valence-electron chi connectivity index (χ3n) is 1.65. The Morgan fingerprint density at radius 2 is 2.42 bits per heavy atom. The number of hydrogen-bond acceptors (Lipinski definition) is 4. The van der Waals surface area contributed by atoms with Gasteiger partial charge in [-0.15, -0.1) is 11.3 Å². The van der Waals surface area contributed by atoms with Crippen molar-refractivity contribution in [1.82, 2.24) is 14.8 Å². The zero-order valence-electron chi connectivity index (χ0n) is 6.74. The lowest BCUT2D eigenvalue weighted by molar-refractivity contribution is 0.101. The summed E-state index contributed by atoms with van der Waals surface area (Å²) in [6.07, 6.45) is 0. The van der Waals surface area contributed by atoms with Gasteiger partial charge in [0.1, 0.15) is 10.3 Å². The van der Waals surface area contributed by atoms with Crippen molar-refractivity contribution in [3.05, 3.63) is 11.2 Å². The van der Waals surface area contributed by atoms with E-state index in [2.05, 4.69) is 10.1 Å². The molecular weight excluding hydrogens is 174 g/mol. The van der Waals surface area contributed by atoms with Gasteiger partial charge in [0, 0.05) is 14.0 Å². The summed E-state index contributed by atoms with van der Waals surface area (Å²) in [5.41, 5.74) is 2.91. The number of ketones is 1. The summed E-state index contributed by atoms with van der Waals surface area (Å²) < 4.78 is 1.68. The van der Waals surface area contributed by atoms with Crippen LogP contribution in [0.25, 0.3) is 10.3 Å². The van der Waals surface area contributed by atoms with E-state index < -0.39 is 0 Å². The Hall–Kier alpha value is -1.23. The van der Waals surface area contributed by atoms with E-state index in [4.69, 9.17) is 0 Å². The van der Waals surface area contributed by atoms with E-state index in [-0.39, 0.29) is 5.78 Å². The minimum Gasteiger partial charge on any atom is -0.293 e. The second-order valence-corrected chi connectivity index (χ2v) is 3.37. The van der Waals surface area contributed by atoms with Crippen molar-refractivity contribution >= 4 is 27.5 Å². The van der Waals surface area contributed by atoms with Crippen LogP contribution in [0, 0.1) is 0 Å². The molecule has 62 valence electrons. The molecule has 0 unspecified atom stereocenters. The highest BCUT2D eigenvalue weighted by atomic mass is 32.1. The number of aromatic nitrogens is 3. The van der Waals surface area contributed by atoms with Crippen LogP contribution in [0.15, 0.2) is 5.51 Å². The molecule has 0 aliphatic rings. The van der Waals surface area contributed by atoms with Gasteiger partial charge in [-0.3, -0.25) is 9.48 Å². The Balaban J connectivity index is 2.83. The van der Waals surface area contributed by atoms with Gasteiger partial charge in [0.05, 0.1) is 5.51 Å². The molecule has 5 heteroatoms. The van der Waals surface area contributed by atoms with Crippen LogP contribution in [0.4, 0.5) is 0 Å². The molecule has 0 radical (unpaired) electrons. The molecule has 0 atom stereocenters. The van der Waals surface area contributed by atoms with Gasteiger partial charge in [-0.25, -0.2) is 4.98 Å². The highest BCUT2D eigenvalue weighted by molar-refractivity contribution is 7.16. The molecule has 0 aromatic carbocycles. The SMILES string of the molecule is CC(=O)c1nn(C)c2scnc12. The molecule has 2 rings (SSSR count). The molecule has 0 saturated heterocycles. The first-order valence-electron chi connectivity index (χ1n) is 3.47. The Morgan fingerprint density at radius 1 is 1.67 bits per heavy atom. The number of Topliss-reactive ketones (excluding diaryl/α,β-unsaturated/α-hetero) is 1. The van der Waals surface area contributed by atoms with Crippen molar-refractivity contribution in [2.24, 2.45) is 7.05 Å². The van der Waals surface area contributed by atoms with Crippen LogP contribution in [0.5, 0.6) is 0 Å². The van der Waals surface area contributed by atoms with Crippen molar-refractivity contribution in [1.29, 1.82) is 0 Å². The van der Waals surface area contributed by atoms with Crippen molar-refractivity contribution in [3.8, 4) is 0 Å². The standard InChI is InChI=1S/C7H7N3OS/c1-4(11)5-6-7(10(2)9-5)12-3-8-6/h3H,1-2H3.